The number of benzene rings is 1. The Balaban J connectivity index is 1.57. The average Bonchev–Trinajstić information content (AvgIpc) is 3.19. The van der Waals surface area contributed by atoms with Crippen molar-refractivity contribution in [1.82, 2.24) is 4.98 Å². The second-order valence-corrected chi connectivity index (χ2v) is 12.0. The molecule has 1 N–H and O–H groups in total. The van der Waals surface area contributed by atoms with Crippen LogP contribution in [0, 0.1) is 17.3 Å². The first-order valence-electron chi connectivity index (χ1n) is 12.4. The first kappa shape index (κ1) is 25.3. The van der Waals surface area contributed by atoms with E-state index in [1.165, 1.54) is 0 Å². The van der Waals surface area contributed by atoms with Gasteiger partial charge in [-0.05, 0) is 49.8 Å². The summed E-state index contributed by atoms with van der Waals surface area (Å²) in [6, 6.07) is 6.01. The molecule has 3 unspecified atom stereocenters. The topological polar surface area (TPSA) is 89.0 Å². The number of epoxide rings is 1. The van der Waals surface area contributed by atoms with E-state index < -0.39 is 23.5 Å². The van der Waals surface area contributed by atoms with Gasteiger partial charge in [0, 0.05) is 24.2 Å². The van der Waals surface area contributed by atoms with Crippen LogP contribution in [0.25, 0.3) is 10.2 Å². The molecular formula is C27H37NO5S. The lowest BCUT2D eigenvalue weighted by atomic mass is 9.74. The number of ketones is 1. The van der Waals surface area contributed by atoms with Gasteiger partial charge in [0.25, 0.3) is 0 Å². The molecule has 0 aliphatic carbocycles. The Hall–Kier alpha value is -1.83. The number of aliphatic hydroxyl groups excluding tert-OH is 1. The summed E-state index contributed by atoms with van der Waals surface area (Å²) in [6.07, 6.45) is 2.68. The first-order chi connectivity index (χ1) is 16.0. The zero-order valence-corrected chi connectivity index (χ0v) is 21.7. The summed E-state index contributed by atoms with van der Waals surface area (Å²) in [7, 11) is 0. The van der Waals surface area contributed by atoms with Gasteiger partial charge in [-0.3, -0.25) is 9.59 Å². The van der Waals surface area contributed by atoms with Gasteiger partial charge < -0.3 is 14.6 Å². The Morgan fingerprint density at radius 3 is 2.68 bits per heavy atom. The smallest absolute Gasteiger partial charge is 0.306 e. The maximum atomic E-state index is 13.2. The quantitative estimate of drug-likeness (QED) is 0.415. The van der Waals surface area contributed by atoms with Crippen molar-refractivity contribution < 1.29 is 24.2 Å². The minimum absolute atomic E-state index is 0.00325. The summed E-state index contributed by atoms with van der Waals surface area (Å²) in [6.45, 7) is 9.65. The number of aliphatic hydroxyl groups is 1. The number of hydrogen-bond donors (Lipinski definition) is 1. The lowest BCUT2D eigenvalue weighted by molar-refractivity contribution is -0.151. The summed E-state index contributed by atoms with van der Waals surface area (Å²) in [5, 5.41) is 10.8. The van der Waals surface area contributed by atoms with Crippen LogP contribution in [0.2, 0.25) is 0 Å². The van der Waals surface area contributed by atoms with Crippen molar-refractivity contribution in [2.24, 2.45) is 17.3 Å². The normalized spacial score (nSPS) is 35.5. The third kappa shape index (κ3) is 5.37. The van der Waals surface area contributed by atoms with Gasteiger partial charge >= 0.3 is 5.97 Å². The van der Waals surface area contributed by atoms with Crippen molar-refractivity contribution in [1.29, 1.82) is 0 Å². The Kier molecular flexibility index (Phi) is 7.19. The standard InChI is InChI=1S/C27H37NO5S/c1-16-7-6-11-27(5)22(33-27)14-20(18-8-9-19-21(13-18)34-15-28-19)32-23(29)10-12-26(3,4)25(31)17(2)24(16)30/h8-9,13,15-17,20,22,24,30H,6-7,10-12,14H2,1-5H3/t16-,17+,20?,22?,24?,27+/m0/s1. The van der Waals surface area contributed by atoms with Gasteiger partial charge in [0.05, 0.1) is 33.5 Å². The number of rotatable bonds is 1. The fourth-order valence-electron chi connectivity index (χ4n) is 5.29. The molecule has 0 bridgehead atoms. The van der Waals surface area contributed by atoms with Gasteiger partial charge in [0.2, 0.25) is 0 Å². The van der Waals surface area contributed by atoms with E-state index in [2.05, 4.69) is 18.0 Å². The molecule has 4 rings (SSSR count). The number of carbonyl (C=O) groups excluding carboxylic acids is 2. The maximum absolute atomic E-state index is 13.2. The lowest BCUT2D eigenvalue weighted by Gasteiger charge is -2.31. The van der Waals surface area contributed by atoms with Gasteiger partial charge in [-0.25, -0.2) is 4.98 Å². The maximum Gasteiger partial charge on any atom is 0.306 e. The molecule has 6 atom stereocenters. The number of nitrogens with zero attached hydrogens (tertiary/aromatic N) is 1. The van der Waals surface area contributed by atoms with E-state index in [-0.39, 0.29) is 35.8 Å². The fourth-order valence-corrected chi connectivity index (χ4v) is 6.02. The van der Waals surface area contributed by atoms with Crippen LogP contribution in [-0.2, 0) is 19.1 Å². The number of fused-ring (bicyclic) bond motifs is 2. The van der Waals surface area contributed by atoms with Crippen LogP contribution >= 0.6 is 11.3 Å². The van der Waals surface area contributed by atoms with Crippen molar-refractivity contribution >= 4 is 33.3 Å². The van der Waals surface area contributed by atoms with Gasteiger partial charge in [0.1, 0.15) is 11.9 Å². The molecule has 0 spiro atoms. The molecule has 2 aliphatic rings. The van der Waals surface area contributed by atoms with Crippen molar-refractivity contribution in [2.45, 2.75) is 97.1 Å². The van der Waals surface area contributed by atoms with E-state index in [1.54, 1.807) is 18.3 Å². The largest absolute Gasteiger partial charge is 0.457 e. The zero-order valence-electron chi connectivity index (χ0n) is 20.9. The summed E-state index contributed by atoms with van der Waals surface area (Å²) in [5.74, 6) is -0.775. The second kappa shape index (κ2) is 9.67. The van der Waals surface area contributed by atoms with Crippen LogP contribution < -0.4 is 0 Å². The molecule has 7 heteroatoms. The van der Waals surface area contributed by atoms with Crippen LogP contribution in [0.1, 0.15) is 84.8 Å². The Bertz CT molecular complexity index is 1050. The highest BCUT2D eigenvalue weighted by atomic mass is 32.1. The number of aromatic nitrogens is 1. The predicted molar refractivity (Wildman–Crippen MR) is 133 cm³/mol. The highest BCUT2D eigenvalue weighted by Crippen LogP contribution is 2.46. The minimum Gasteiger partial charge on any atom is -0.457 e. The van der Waals surface area contributed by atoms with E-state index in [4.69, 9.17) is 9.47 Å². The number of carbonyl (C=O) groups is 2. The fraction of sp³-hybridized carbons (Fsp3) is 0.667. The number of Topliss-reactive ketones (excluding diaryl/α,β-unsaturated/α-hetero) is 1. The van der Waals surface area contributed by atoms with Crippen molar-refractivity contribution in [3.63, 3.8) is 0 Å². The highest BCUT2D eigenvalue weighted by molar-refractivity contribution is 7.16. The molecule has 2 saturated heterocycles. The molecule has 6 nitrogen and oxygen atoms in total. The van der Waals surface area contributed by atoms with E-state index in [0.29, 0.717) is 12.8 Å². The van der Waals surface area contributed by atoms with Crippen molar-refractivity contribution in [3.8, 4) is 0 Å². The van der Waals surface area contributed by atoms with Crippen LogP contribution in [0.4, 0.5) is 0 Å². The number of ether oxygens (including phenoxy) is 2. The molecule has 34 heavy (non-hydrogen) atoms. The second-order valence-electron chi connectivity index (χ2n) is 11.1. The number of hydrogen-bond acceptors (Lipinski definition) is 7. The monoisotopic (exact) mass is 487 g/mol. The molecule has 186 valence electrons. The summed E-state index contributed by atoms with van der Waals surface area (Å²) < 4.78 is 13.2. The number of cyclic esters (lactones) is 1. The molecule has 3 heterocycles. The van der Waals surface area contributed by atoms with E-state index in [1.807, 2.05) is 38.4 Å². The molecule has 0 radical (unpaired) electrons. The van der Waals surface area contributed by atoms with Crippen LogP contribution in [0.15, 0.2) is 23.7 Å². The lowest BCUT2D eigenvalue weighted by Crippen LogP contribution is -2.39. The van der Waals surface area contributed by atoms with Gasteiger partial charge in [-0.1, -0.05) is 40.2 Å². The highest BCUT2D eigenvalue weighted by Gasteiger charge is 2.52. The first-order valence-corrected chi connectivity index (χ1v) is 13.3. The van der Waals surface area contributed by atoms with Crippen LogP contribution in [-0.4, -0.2) is 39.7 Å². The molecule has 2 aromatic rings. The molecule has 1 aromatic heterocycles. The zero-order chi connectivity index (χ0) is 24.7. The Morgan fingerprint density at radius 1 is 1.15 bits per heavy atom. The van der Waals surface area contributed by atoms with E-state index >= 15 is 0 Å². The van der Waals surface area contributed by atoms with E-state index in [9.17, 15) is 14.7 Å². The van der Waals surface area contributed by atoms with Crippen LogP contribution in [0.5, 0.6) is 0 Å². The van der Waals surface area contributed by atoms with Gasteiger partial charge in [-0.2, -0.15) is 0 Å². The predicted octanol–water partition coefficient (Wildman–Crippen LogP) is 5.62. The Morgan fingerprint density at radius 2 is 1.91 bits per heavy atom. The van der Waals surface area contributed by atoms with Crippen LogP contribution in [0.3, 0.4) is 0 Å². The van der Waals surface area contributed by atoms with Crippen molar-refractivity contribution in [3.05, 3.63) is 29.3 Å². The molecule has 0 saturated carbocycles. The minimum atomic E-state index is -0.717. The third-order valence-corrected chi connectivity index (χ3v) is 8.72. The molecule has 2 fully saturated rings. The Labute approximate surface area is 206 Å². The van der Waals surface area contributed by atoms with Crippen molar-refractivity contribution in [2.75, 3.05) is 0 Å². The molecule has 1 aromatic carbocycles. The SMILES string of the molecule is C[C@H]1CCC[C@@]2(C)OC2CC(c2ccc3ncsc3c2)OC(=O)CCC(C)(C)C(=O)[C@H](C)C1O. The summed E-state index contributed by atoms with van der Waals surface area (Å²) in [5.41, 5.74) is 2.74. The van der Waals surface area contributed by atoms with Gasteiger partial charge in [-0.15, -0.1) is 11.3 Å². The number of thiazole rings is 1. The summed E-state index contributed by atoms with van der Waals surface area (Å²) >= 11 is 1.57. The summed E-state index contributed by atoms with van der Waals surface area (Å²) in [4.78, 5) is 30.5. The van der Waals surface area contributed by atoms with E-state index in [0.717, 1.165) is 35.0 Å². The van der Waals surface area contributed by atoms with Gasteiger partial charge in [0.15, 0.2) is 0 Å². The molecule has 0 amide bonds. The number of esters is 1. The molecular weight excluding hydrogens is 450 g/mol. The average molecular weight is 488 g/mol. The molecule has 2 aliphatic heterocycles. The third-order valence-electron chi connectivity index (χ3n) is 7.93.